The van der Waals surface area contributed by atoms with Gasteiger partial charge in [-0.15, -0.1) is 0 Å². The molecule has 0 fully saturated rings. The Hall–Kier alpha value is -2.48. The second-order valence-electron chi connectivity index (χ2n) is 3.92. The van der Waals surface area contributed by atoms with Crippen LogP contribution in [0.5, 0.6) is 0 Å². The molecule has 2 rings (SSSR count). The van der Waals surface area contributed by atoms with Gasteiger partial charge in [-0.2, -0.15) is 5.10 Å². The van der Waals surface area contributed by atoms with Crippen LogP contribution in [-0.2, 0) is 6.54 Å². The molecule has 6 nitrogen and oxygen atoms in total. The molecule has 2 aromatic rings. The number of aliphatic hydroxyl groups is 1. The van der Waals surface area contributed by atoms with Crippen LogP contribution in [0.2, 0.25) is 0 Å². The summed E-state index contributed by atoms with van der Waals surface area (Å²) in [6.07, 6.45) is 2.87. The standard InChI is InChI=1S/C12H12F2N4O2/c13-8-1-2-10(14)11(5-8)17-12(20)16-9-6-15-18(7-9)3-4-19/h1-2,5-7,19H,3-4H2,(H2,16,17,20). The van der Waals surface area contributed by atoms with Crippen molar-refractivity contribution in [2.24, 2.45) is 0 Å². The number of urea groups is 1. The lowest BCUT2D eigenvalue weighted by molar-refractivity contribution is 0.262. The molecule has 0 saturated carbocycles. The average molecular weight is 282 g/mol. The van der Waals surface area contributed by atoms with Gasteiger partial charge in [0.15, 0.2) is 0 Å². The Kier molecular flexibility index (Phi) is 4.26. The largest absolute Gasteiger partial charge is 0.394 e. The van der Waals surface area contributed by atoms with Crippen LogP contribution in [0.1, 0.15) is 0 Å². The molecular formula is C12H12F2N4O2. The third-order valence-corrected chi connectivity index (χ3v) is 2.40. The molecule has 0 aliphatic heterocycles. The first-order valence-electron chi connectivity index (χ1n) is 5.75. The summed E-state index contributed by atoms with van der Waals surface area (Å²) >= 11 is 0. The second-order valence-corrected chi connectivity index (χ2v) is 3.92. The van der Waals surface area contributed by atoms with Crippen LogP contribution in [0.3, 0.4) is 0 Å². The number of hydrogen-bond donors (Lipinski definition) is 3. The van der Waals surface area contributed by atoms with Crippen LogP contribution in [0.25, 0.3) is 0 Å². The molecule has 0 saturated heterocycles. The van der Waals surface area contributed by atoms with E-state index in [1.807, 2.05) is 0 Å². The number of rotatable bonds is 4. The van der Waals surface area contributed by atoms with E-state index in [1.54, 1.807) is 0 Å². The molecule has 106 valence electrons. The van der Waals surface area contributed by atoms with Crippen molar-refractivity contribution < 1.29 is 18.7 Å². The third-order valence-electron chi connectivity index (χ3n) is 2.40. The predicted molar refractivity (Wildman–Crippen MR) is 68.3 cm³/mol. The average Bonchev–Trinajstić information content (AvgIpc) is 2.81. The molecule has 20 heavy (non-hydrogen) atoms. The Bertz CT molecular complexity index is 615. The van der Waals surface area contributed by atoms with Crippen LogP contribution in [0, 0.1) is 11.6 Å². The van der Waals surface area contributed by atoms with E-state index in [1.165, 1.54) is 17.1 Å². The van der Waals surface area contributed by atoms with E-state index < -0.39 is 17.7 Å². The predicted octanol–water partition coefficient (Wildman–Crippen LogP) is 1.80. The summed E-state index contributed by atoms with van der Waals surface area (Å²) in [7, 11) is 0. The monoisotopic (exact) mass is 282 g/mol. The van der Waals surface area contributed by atoms with Gasteiger partial charge >= 0.3 is 6.03 Å². The number of hydrogen-bond acceptors (Lipinski definition) is 3. The van der Waals surface area contributed by atoms with Crippen LogP contribution >= 0.6 is 0 Å². The normalized spacial score (nSPS) is 10.3. The summed E-state index contributed by atoms with van der Waals surface area (Å²) in [5.41, 5.74) is 0.109. The quantitative estimate of drug-likeness (QED) is 0.800. The molecule has 0 aliphatic carbocycles. The first-order valence-corrected chi connectivity index (χ1v) is 5.75. The summed E-state index contributed by atoms with van der Waals surface area (Å²) in [4.78, 5) is 11.6. The fourth-order valence-corrected chi connectivity index (χ4v) is 1.53. The van der Waals surface area contributed by atoms with Crippen LogP contribution in [0.15, 0.2) is 30.6 Å². The molecule has 8 heteroatoms. The van der Waals surface area contributed by atoms with Gasteiger partial charge in [-0.25, -0.2) is 13.6 Å². The topological polar surface area (TPSA) is 79.2 Å². The summed E-state index contributed by atoms with van der Waals surface area (Å²) in [6, 6.07) is 2.03. The van der Waals surface area contributed by atoms with Gasteiger partial charge in [0.1, 0.15) is 11.6 Å². The van der Waals surface area contributed by atoms with E-state index in [-0.39, 0.29) is 12.3 Å². The molecule has 0 radical (unpaired) electrons. The lowest BCUT2D eigenvalue weighted by Crippen LogP contribution is -2.20. The highest BCUT2D eigenvalue weighted by atomic mass is 19.1. The van der Waals surface area contributed by atoms with Gasteiger partial charge in [0.25, 0.3) is 0 Å². The fraction of sp³-hybridized carbons (Fsp3) is 0.167. The number of carbonyl (C=O) groups excluding carboxylic acids is 1. The number of halogens is 2. The summed E-state index contributed by atoms with van der Waals surface area (Å²) < 4.78 is 27.7. The van der Waals surface area contributed by atoms with Crippen LogP contribution in [-0.4, -0.2) is 27.5 Å². The van der Waals surface area contributed by atoms with Crippen molar-refractivity contribution in [2.75, 3.05) is 17.2 Å². The maximum Gasteiger partial charge on any atom is 0.323 e. The molecule has 1 aromatic heterocycles. The number of carbonyl (C=O) groups is 1. The molecular weight excluding hydrogens is 270 g/mol. The highest BCUT2D eigenvalue weighted by Gasteiger charge is 2.09. The van der Waals surface area contributed by atoms with Crippen molar-refractivity contribution in [3.63, 3.8) is 0 Å². The Morgan fingerprint density at radius 3 is 2.90 bits per heavy atom. The van der Waals surface area contributed by atoms with Crippen LogP contribution < -0.4 is 10.6 Å². The summed E-state index contributed by atoms with van der Waals surface area (Å²) in [5.74, 6) is -1.39. The van der Waals surface area contributed by atoms with Crippen LogP contribution in [0.4, 0.5) is 25.0 Å². The Labute approximate surface area is 113 Å². The number of benzene rings is 1. The molecule has 1 heterocycles. The SMILES string of the molecule is O=C(Nc1cnn(CCO)c1)Nc1cc(F)ccc1F. The summed E-state index contributed by atoms with van der Waals surface area (Å²) in [6.45, 7) is 0.212. The van der Waals surface area contributed by atoms with E-state index >= 15 is 0 Å². The first-order chi connectivity index (χ1) is 9.58. The second kappa shape index (κ2) is 6.11. The van der Waals surface area contributed by atoms with E-state index in [2.05, 4.69) is 15.7 Å². The number of aliphatic hydroxyl groups excluding tert-OH is 1. The zero-order valence-corrected chi connectivity index (χ0v) is 10.3. The number of aromatic nitrogens is 2. The minimum Gasteiger partial charge on any atom is -0.394 e. The minimum absolute atomic E-state index is 0.0815. The lowest BCUT2D eigenvalue weighted by Gasteiger charge is -2.06. The molecule has 0 atom stereocenters. The zero-order valence-electron chi connectivity index (χ0n) is 10.3. The number of anilines is 2. The van der Waals surface area contributed by atoms with Crippen molar-refractivity contribution in [2.45, 2.75) is 6.54 Å². The number of nitrogens with zero attached hydrogens (tertiary/aromatic N) is 2. The van der Waals surface area contributed by atoms with Gasteiger partial charge < -0.3 is 15.7 Å². The van der Waals surface area contributed by atoms with Gasteiger partial charge in [0.2, 0.25) is 0 Å². The smallest absolute Gasteiger partial charge is 0.323 e. The van der Waals surface area contributed by atoms with Crippen molar-refractivity contribution in [3.8, 4) is 0 Å². The number of amides is 2. The molecule has 0 bridgehead atoms. The van der Waals surface area contributed by atoms with Gasteiger partial charge in [-0.3, -0.25) is 4.68 Å². The fourth-order valence-electron chi connectivity index (χ4n) is 1.53. The zero-order chi connectivity index (χ0) is 14.5. The van der Waals surface area contributed by atoms with Crippen molar-refractivity contribution in [1.82, 2.24) is 9.78 Å². The van der Waals surface area contributed by atoms with Gasteiger partial charge in [0, 0.05) is 12.3 Å². The van der Waals surface area contributed by atoms with Gasteiger partial charge in [-0.1, -0.05) is 0 Å². The highest BCUT2D eigenvalue weighted by Crippen LogP contribution is 2.15. The maximum atomic E-state index is 13.3. The van der Waals surface area contributed by atoms with E-state index in [0.29, 0.717) is 12.2 Å². The molecule has 0 spiro atoms. The molecule has 1 aromatic carbocycles. The Morgan fingerprint density at radius 2 is 2.15 bits per heavy atom. The minimum atomic E-state index is -0.738. The van der Waals surface area contributed by atoms with Gasteiger partial charge in [-0.05, 0) is 12.1 Å². The molecule has 2 amide bonds. The third kappa shape index (κ3) is 3.51. The molecule has 0 unspecified atom stereocenters. The van der Waals surface area contributed by atoms with Gasteiger partial charge in [0.05, 0.1) is 30.7 Å². The van der Waals surface area contributed by atoms with E-state index in [0.717, 1.165) is 18.2 Å². The Balaban J connectivity index is 1.99. The number of nitrogens with one attached hydrogen (secondary N) is 2. The van der Waals surface area contributed by atoms with Crippen molar-refractivity contribution in [3.05, 3.63) is 42.2 Å². The lowest BCUT2D eigenvalue weighted by atomic mass is 10.3. The van der Waals surface area contributed by atoms with E-state index in [9.17, 15) is 13.6 Å². The first kappa shape index (κ1) is 13.9. The maximum absolute atomic E-state index is 13.3. The van der Waals surface area contributed by atoms with Crippen molar-refractivity contribution in [1.29, 1.82) is 0 Å². The van der Waals surface area contributed by atoms with Crippen molar-refractivity contribution >= 4 is 17.4 Å². The molecule has 3 N–H and O–H groups in total. The highest BCUT2D eigenvalue weighted by molar-refractivity contribution is 5.99. The van der Waals surface area contributed by atoms with E-state index in [4.69, 9.17) is 5.11 Å². The summed E-state index contributed by atoms with van der Waals surface area (Å²) in [5, 5.41) is 17.2. The Morgan fingerprint density at radius 1 is 1.35 bits per heavy atom. The molecule has 0 aliphatic rings.